The van der Waals surface area contributed by atoms with Crippen molar-refractivity contribution in [3.8, 4) is 0 Å². The maximum atomic E-state index is 9.93. The number of aliphatic hydroxyl groups is 1. The van der Waals surface area contributed by atoms with Crippen LogP contribution in [0.4, 0.5) is 0 Å². The van der Waals surface area contributed by atoms with Gasteiger partial charge in [0.2, 0.25) is 0 Å². The SMILES string of the molecule is CC(C)CCCOC1CC(O)C12CCCC2. The summed E-state index contributed by atoms with van der Waals surface area (Å²) < 4.78 is 5.98. The molecule has 0 aromatic heterocycles. The first-order valence-corrected chi connectivity index (χ1v) is 6.95. The van der Waals surface area contributed by atoms with E-state index in [2.05, 4.69) is 13.8 Å². The molecule has 2 saturated carbocycles. The van der Waals surface area contributed by atoms with Gasteiger partial charge in [-0.2, -0.15) is 0 Å². The Morgan fingerprint density at radius 2 is 2.00 bits per heavy atom. The molecule has 2 aliphatic carbocycles. The molecule has 2 fully saturated rings. The molecule has 0 saturated heterocycles. The zero-order valence-corrected chi connectivity index (χ0v) is 10.7. The van der Waals surface area contributed by atoms with E-state index in [9.17, 15) is 5.11 Å². The molecule has 2 aliphatic rings. The van der Waals surface area contributed by atoms with Gasteiger partial charge in [0.15, 0.2) is 0 Å². The molecule has 1 spiro atoms. The average molecular weight is 226 g/mol. The maximum absolute atomic E-state index is 9.93. The minimum atomic E-state index is -0.0786. The van der Waals surface area contributed by atoms with Crippen molar-refractivity contribution in [2.75, 3.05) is 6.61 Å². The number of aliphatic hydroxyl groups excluding tert-OH is 1. The van der Waals surface area contributed by atoms with Crippen LogP contribution in [0.1, 0.15) is 58.8 Å². The summed E-state index contributed by atoms with van der Waals surface area (Å²) in [6.07, 6.45) is 8.50. The Labute approximate surface area is 99.4 Å². The molecule has 94 valence electrons. The molecule has 2 heteroatoms. The molecule has 0 aliphatic heterocycles. The quantitative estimate of drug-likeness (QED) is 0.730. The van der Waals surface area contributed by atoms with Crippen molar-refractivity contribution in [1.82, 2.24) is 0 Å². The Hall–Kier alpha value is -0.0800. The summed E-state index contributed by atoms with van der Waals surface area (Å²) in [7, 11) is 0. The fourth-order valence-corrected chi connectivity index (χ4v) is 3.37. The zero-order valence-electron chi connectivity index (χ0n) is 10.7. The molecule has 2 rings (SSSR count). The van der Waals surface area contributed by atoms with Crippen LogP contribution in [0.2, 0.25) is 0 Å². The van der Waals surface area contributed by atoms with Gasteiger partial charge in [-0.3, -0.25) is 0 Å². The normalized spacial score (nSPS) is 32.2. The average Bonchev–Trinajstić information content (AvgIpc) is 2.73. The number of rotatable bonds is 5. The van der Waals surface area contributed by atoms with Crippen LogP contribution >= 0.6 is 0 Å². The maximum Gasteiger partial charge on any atom is 0.0680 e. The van der Waals surface area contributed by atoms with Crippen molar-refractivity contribution in [2.45, 2.75) is 71.0 Å². The van der Waals surface area contributed by atoms with E-state index in [4.69, 9.17) is 4.74 Å². The molecule has 0 bridgehead atoms. The summed E-state index contributed by atoms with van der Waals surface area (Å²) in [6.45, 7) is 5.40. The highest BCUT2D eigenvalue weighted by Gasteiger charge is 2.56. The van der Waals surface area contributed by atoms with E-state index < -0.39 is 0 Å². The number of hydrogen-bond donors (Lipinski definition) is 1. The summed E-state index contributed by atoms with van der Waals surface area (Å²) >= 11 is 0. The molecule has 0 aromatic rings. The Kier molecular flexibility index (Phi) is 3.91. The van der Waals surface area contributed by atoms with Gasteiger partial charge in [0.25, 0.3) is 0 Å². The van der Waals surface area contributed by atoms with Gasteiger partial charge in [0.05, 0.1) is 12.2 Å². The van der Waals surface area contributed by atoms with Crippen molar-refractivity contribution in [1.29, 1.82) is 0 Å². The standard InChI is InChI=1S/C14H26O2/c1-11(2)6-5-9-16-13-10-12(15)14(13)7-3-4-8-14/h11-13,15H,3-10H2,1-2H3. The van der Waals surface area contributed by atoms with Crippen LogP contribution in [0.3, 0.4) is 0 Å². The van der Waals surface area contributed by atoms with Crippen LogP contribution in [-0.2, 0) is 4.74 Å². The first kappa shape index (κ1) is 12.4. The fourth-order valence-electron chi connectivity index (χ4n) is 3.37. The zero-order chi connectivity index (χ0) is 11.6. The second-order valence-corrected chi connectivity index (χ2v) is 6.09. The van der Waals surface area contributed by atoms with Crippen LogP contribution < -0.4 is 0 Å². The molecular weight excluding hydrogens is 200 g/mol. The van der Waals surface area contributed by atoms with Crippen LogP contribution in [0.5, 0.6) is 0 Å². The molecule has 2 atom stereocenters. The molecule has 0 heterocycles. The van der Waals surface area contributed by atoms with E-state index in [1.54, 1.807) is 0 Å². The summed E-state index contributed by atoms with van der Waals surface area (Å²) in [5.74, 6) is 0.774. The van der Waals surface area contributed by atoms with Crippen molar-refractivity contribution in [2.24, 2.45) is 11.3 Å². The van der Waals surface area contributed by atoms with E-state index in [1.807, 2.05) is 0 Å². The smallest absolute Gasteiger partial charge is 0.0680 e. The highest BCUT2D eigenvalue weighted by Crippen LogP contribution is 2.54. The Morgan fingerprint density at radius 3 is 2.56 bits per heavy atom. The van der Waals surface area contributed by atoms with Crippen molar-refractivity contribution in [3.05, 3.63) is 0 Å². The lowest BCUT2D eigenvalue weighted by molar-refractivity contribution is -0.189. The third-order valence-corrected chi connectivity index (χ3v) is 4.52. The largest absolute Gasteiger partial charge is 0.392 e. The minimum Gasteiger partial charge on any atom is -0.392 e. The van der Waals surface area contributed by atoms with Crippen molar-refractivity contribution >= 4 is 0 Å². The molecule has 2 unspecified atom stereocenters. The van der Waals surface area contributed by atoms with Crippen LogP contribution in [0.25, 0.3) is 0 Å². The van der Waals surface area contributed by atoms with Gasteiger partial charge in [-0.15, -0.1) is 0 Å². The molecule has 0 amide bonds. The van der Waals surface area contributed by atoms with E-state index in [0.29, 0.717) is 6.10 Å². The van der Waals surface area contributed by atoms with Crippen molar-refractivity contribution < 1.29 is 9.84 Å². The molecule has 0 aromatic carbocycles. The lowest BCUT2D eigenvalue weighted by Gasteiger charge is -2.51. The first-order chi connectivity index (χ1) is 7.65. The summed E-state index contributed by atoms with van der Waals surface area (Å²) in [4.78, 5) is 0. The predicted octanol–water partition coefficient (Wildman–Crippen LogP) is 3.13. The van der Waals surface area contributed by atoms with Gasteiger partial charge in [-0.1, -0.05) is 26.7 Å². The number of ether oxygens (including phenoxy) is 1. The molecular formula is C14H26O2. The monoisotopic (exact) mass is 226 g/mol. The van der Waals surface area contributed by atoms with Crippen molar-refractivity contribution in [3.63, 3.8) is 0 Å². The van der Waals surface area contributed by atoms with Gasteiger partial charge in [0.1, 0.15) is 0 Å². The van der Waals surface area contributed by atoms with Gasteiger partial charge in [-0.25, -0.2) is 0 Å². The second kappa shape index (κ2) is 5.05. The predicted molar refractivity (Wildman–Crippen MR) is 65.3 cm³/mol. The lowest BCUT2D eigenvalue weighted by Crippen LogP contribution is -2.56. The highest BCUT2D eigenvalue weighted by molar-refractivity contribution is 5.06. The Morgan fingerprint density at radius 1 is 1.31 bits per heavy atom. The summed E-state index contributed by atoms with van der Waals surface area (Å²) in [5.41, 5.74) is 0.165. The van der Waals surface area contributed by atoms with Crippen LogP contribution in [0, 0.1) is 11.3 Å². The highest BCUT2D eigenvalue weighted by atomic mass is 16.5. The van der Waals surface area contributed by atoms with E-state index >= 15 is 0 Å². The minimum absolute atomic E-state index is 0.0786. The summed E-state index contributed by atoms with van der Waals surface area (Å²) in [6, 6.07) is 0. The molecule has 1 N–H and O–H groups in total. The Balaban J connectivity index is 1.70. The van der Waals surface area contributed by atoms with E-state index in [-0.39, 0.29) is 11.5 Å². The van der Waals surface area contributed by atoms with Gasteiger partial charge in [-0.05, 0) is 31.6 Å². The van der Waals surface area contributed by atoms with Gasteiger partial charge < -0.3 is 9.84 Å². The number of hydrogen-bond acceptors (Lipinski definition) is 2. The Bertz CT molecular complexity index is 219. The van der Waals surface area contributed by atoms with Crippen LogP contribution in [0.15, 0.2) is 0 Å². The van der Waals surface area contributed by atoms with Gasteiger partial charge >= 0.3 is 0 Å². The van der Waals surface area contributed by atoms with Gasteiger partial charge in [0, 0.05) is 18.4 Å². The topological polar surface area (TPSA) is 29.5 Å². The molecule has 2 nitrogen and oxygen atoms in total. The third kappa shape index (κ3) is 2.28. The summed E-state index contributed by atoms with van der Waals surface area (Å²) in [5, 5.41) is 9.93. The second-order valence-electron chi connectivity index (χ2n) is 6.09. The van der Waals surface area contributed by atoms with E-state index in [1.165, 1.54) is 38.5 Å². The lowest BCUT2D eigenvalue weighted by atomic mass is 9.62. The molecule has 16 heavy (non-hydrogen) atoms. The van der Waals surface area contributed by atoms with Crippen LogP contribution in [-0.4, -0.2) is 23.9 Å². The third-order valence-electron chi connectivity index (χ3n) is 4.52. The van der Waals surface area contributed by atoms with E-state index in [0.717, 1.165) is 18.9 Å². The fraction of sp³-hybridized carbons (Fsp3) is 1.00. The first-order valence-electron chi connectivity index (χ1n) is 6.95. The molecule has 0 radical (unpaired) electrons.